The molecule has 3 heteroatoms. The van der Waals surface area contributed by atoms with Crippen molar-refractivity contribution >= 4 is 0 Å². The van der Waals surface area contributed by atoms with Gasteiger partial charge in [0.05, 0.1) is 6.10 Å². The van der Waals surface area contributed by atoms with Crippen LogP contribution in [0.3, 0.4) is 0 Å². The zero-order valence-corrected chi connectivity index (χ0v) is 16.4. The van der Waals surface area contributed by atoms with Crippen LogP contribution in [0, 0.1) is 5.92 Å². The molecule has 0 aliphatic carbocycles. The fourth-order valence-corrected chi connectivity index (χ4v) is 3.55. The summed E-state index contributed by atoms with van der Waals surface area (Å²) in [5, 5.41) is 10.3. The van der Waals surface area contributed by atoms with Crippen molar-refractivity contribution in [3.63, 3.8) is 0 Å². The van der Waals surface area contributed by atoms with Crippen molar-refractivity contribution in [3.8, 4) is 11.5 Å². The van der Waals surface area contributed by atoms with Gasteiger partial charge < -0.3 is 14.6 Å². The highest BCUT2D eigenvalue weighted by molar-refractivity contribution is 5.44. The summed E-state index contributed by atoms with van der Waals surface area (Å²) in [6, 6.07) is 6.20. The quantitative estimate of drug-likeness (QED) is 0.479. The Morgan fingerprint density at radius 2 is 2.08 bits per heavy atom. The Labute approximate surface area is 158 Å². The summed E-state index contributed by atoms with van der Waals surface area (Å²) in [6.07, 6.45) is 12.2. The third kappa shape index (κ3) is 6.21. The lowest BCUT2D eigenvalue weighted by atomic mass is 9.91. The number of aliphatic hydroxyl groups excluding tert-OH is 1. The molecule has 0 radical (unpaired) electrons. The van der Waals surface area contributed by atoms with Crippen LogP contribution in [0.25, 0.3) is 0 Å². The molecule has 3 nitrogen and oxygen atoms in total. The zero-order chi connectivity index (χ0) is 18.8. The zero-order valence-electron chi connectivity index (χ0n) is 16.4. The molecule has 2 atom stereocenters. The van der Waals surface area contributed by atoms with E-state index < -0.39 is 0 Å². The normalized spacial score (nSPS) is 15.7. The monoisotopic (exact) mass is 358 g/mol. The molecule has 0 spiro atoms. The van der Waals surface area contributed by atoms with Crippen molar-refractivity contribution in [2.75, 3.05) is 6.79 Å². The van der Waals surface area contributed by atoms with Crippen LogP contribution in [0.2, 0.25) is 0 Å². The Morgan fingerprint density at radius 3 is 2.81 bits per heavy atom. The van der Waals surface area contributed by atoms with E-state index in [2.05, 4.69) is 38.6 Å². The number of hydrogen-bond acceptors (Lipinski definition) is 3. The molecular weight excluding hydrogens is 324 g/mol. The first-order valence-corrected chi connectivity index (χ1v) is 10.0. The lowest BCUT2D eigenvalue weighted by Crippen LogP contribution is -2.19. The van der Waals surface area contributed by atoms with Crippen LogP contribution in [0.5, 0.6) is 11.5 Å². The molecule has 0 saturated heterocycles. The minimum absolute atomic E-state index is 0.204. The van der Waals surface area contributed by atoms with Crippen LogP contribution in [-0.2, 0) is 6.42 Å². The Kier molecular flexibility index (Phi) is 8.76. The second-order valence-corrected chi connectivity index (χ2v) is 7.09. The predicted octanol–water partition coefficient (Wildman–Crippen LogP) is 5.82. The molecule has 1 aliphatic rings. The van der Waals surface area contributed by atoms with Crippen molar-refractivity contribution in [3.05, 3.63) is 48.1 Å². The van der Waals surface area contributed by atoms with Gasteiger partial charge in [-0.05, 0) is 68.6 Å². The standard InChI is InChI=1S/C23H34O3/c1-4-9-20(6-3)21(24)13-8-11-18(5-2)10-7-12-19-14-15-22-23(16-19)26-17-25-22/h4,10,14-16,20-21,24H,1,5-9,11-13,17H2,2-3H3/b18-10+. The summed E-state index contributed by atoms with van der Waals surface area (Å²) in [5.74, 6) is 2.06. The molecule has 0 fully saturated rings. The van der Waals surface area contributed by atoms with E-state index in [-0.39, 0.29) is 6.10 Å². The Balaban J connectivity index is 1.74. The third-order valence-electron chi connectivity index (χ3n) is 5.29. The van der Waals surface area contributed by atoms with Crippen molar-refractivity contribution in [1.29, 1.82) is 0 Å². The summed E-state index contributed by atoms with van der Waals surface area (Å²) in [7, 11) is 0. The number of hydrogen-bond donors (Lipinski definition) is 1. The molecule has 1 aromatic carbocycles. The first-order valence-electron chi connectivity index (χ1n) is 10.0. The van der Waals surface area contributed by atoms with E-state index in [4.69, 9.17) is 9.47 Å². The Morgan fingerprint density at radius 1 is 1.27 bits per heavy atom. The topological polar surface area (TPSA) is 38.7 Å². The lowest BCUT2D eigenvalue weighted by molar-refractivity contribution is 0.0956. The van der Waals surface area contributed by atoms with Gasteiger partial charge in [0, 0.05) is 0 Å². The van der Waals surface area contributed by atoms with Gasteiger partial charge in [-0.1, -0.05) is 44.1 Å². The summed E-state index contributed by atoms with van der Waals surface area (Å²) < 4.78 is 10.8. The molecule has 0 aromatic heterocycles. The van der Waals surface area contributed by atoms with E-state index >= 15 is 0 Å². The average molecular weight is 359 g/mol. The minimum Gasteiger partial charge on any atom is -0.454 e. The van der Waals surface area contributed by atoms with Crippen LogP contribution in [0.1, 0.15) is 64.4 Å². The number of fused-ring (bicyclic) bond motifs is 1. The second-order valence-electron chi connectivity index (χ2n) is 7.09. The second kappa shape index (κ2) is 11.1. The van der Waals surface area contributed by atoms with E-state index in [0.717, 1.165) is 62.9 Å². The molecule has 2 unspecified atom stereocenters. The van der Waals surface area contributed by atoms with Gasteiger partial charge in [0.2, 0.25) is 6.79 Å². The average Bonchev–Trinajstić information content (AvgIpc) is 3.12. The van der Waals surface area contributed by atoms with E-state index in [1.165, 1.54) is 11.1 Å². The molecule has 26 heavy (non-hydrogen) atoms. The molecule has 0 amide bonds. The van der Waals surface area contributed by atoms with Crippen LogP contribution in [-0.4, -0.2) is 18.0 Å². The molecule has 0 saturated carbocycles. The molecule has 1 heterocycles. The Hall–Kier alpha value is -1.74. The van der Waals surface area contributed by atoms with Crippen LogP contribution in [0.4, 0.5) is 0 Å². The molecule has 144 valence electrons. The highest BCUT2D eigenvalue weighted by Gasteiger charge is 2.15. The maximum Gasteiger partial charge on any atom is 0.231 e. The van der Waals surface area contributed by atoms with Crippen molar-refractivity contribution in [2.45, 2.75) is 71.3 Å². The maximum absolute atomic E-state index is 10.3. The van der Waals surface area contributed by atoms with Crippen molar-refractivity contribution in [1.82, 2.24) is 0 Å². The van der Waals surface area contributed by atoms with Gasteiger partial charge in [-0.2, -0.15) is 0 Å². The fraction of sp³-hybridized carbons (Fsp3) is 0.565. The van der Waals surface area contributed by atoms with Gasteiger partial charge in [0.15, 0.2) is 11.5 Å². The summed E-state index contributed by atoms with van der Waals surface area (Å²) in [4.78, 5) is 0. The molecule has 1 aromatic rings. The summed E-state index contributed by atoms with van der Waals surface area (Å²) >= 11 is 0. The first kappa shape index (κ1) is 20.6. The summed E-state index contributed by atoms with van der Waals surface area (Å²) in [6.45, 7) is 8.49. The van der Waals surface area contributed by atoms with Crippen LogP contribution < -0.4 is 9.47 Å². The third-order valence-corrected chi connectivity index (χ3v) is 5.29. The highest BCUT2D eigenvalue weighted by atomic mass is 16.7. The minimum atomic E-state index is -0.204. The molecule has 0 bridgehead atoms. The maximum atomic E-state index is 10.3. The van der Waals surface area contributed by atoms with Crippen LogP contribution in [0.15, 0.2) is 42.5 Å². The number of benzene rings is 1. The fourth-order valence-electron chi connectivity index (χ4n) is 3.55. The predicted molar refractivity (Wildman–Crippen MR) is 108 cm³/mol. The smallest absolute Gasteiger partial charge is 0.231 e. The van der Waals surface area contributed by atoms with E-state index in [9.17, 15) is 5.11 Å². The highest BCUT2D eigenvalue weighted by Crippen LogP contribution is 2.32. The first-order chi connectivity index (χ1) is 12.7. The van der Waals surface area contributed by atoms with E-state index in [1.807, 2.05) is 12.1 Å². The number of aliphatic hydroxyl groups is 1. The van der Waals surface area contributed by atoms with Crippen molar-refractivity contribution in [2.24, 2.45) is 5.92 Å². The van der Waals surface area contributed by atoms with Gasteiger partial charge in [-0.15, -0.1) is 6.58 Å². The number of aryl methyl sites for hydroxylation is 1. The lowest BCUT2D eigenvalue weighted by Gasteiger charge is -2.20. The summed E-state index contributed by atoms with van der Waals surface area (Å²) in [5.41, 5.74) is 2.78. The van der Waals surface area contributed by atoms with Gasteiger partial charge in [-0.3, -0.25) is 0 Å². The molecule has 1 N–H and O–H groups in total. The van der Waals surface area contributed by atoms with Crippen LogP contribution >= 0.6 is 0 Å². The van der Waals surface area contributed by atoms with E-state index in [1.54, 1.807) is 0 Å². The molecule has 2 rings (SSSR count). The number of ether oxygens (including phenoxy) is 2. The number of rotatable bonds is 12. The molecule has 1 aliphatic heterocycles. The van der Waals surface area contributed by atoms with Gasteiger partial charge in [0.25, 0.3) is 0 Å². The molecular formula is C23H34O3. The SMILES string of the molecule is C=CCC(CC)C(O)CCC/C(=C/CCc1ccc2c(c1)OCO2)CC. The van der Waals surface area contributed by atoms with E-state index in [0.29, 0.717) is 12.7 Å². The van der Waals surface area contributed by atoms with Gasteiger partial charge >= 0.3 is 0 Å². The number of allylic oxidation sites excluding steroid dienone is 3. The van der Waals surface area contributed by atoms with Gasteiger partial charge in [-0.25, -0.2) is 0 Å². The Bertz CT molecular complexity index is 591. The van der Waals surface area contributed by atoms with Crippen molar-refractivity contribution < 1.29 is 14.6 Å². The largest absolute Gasteiger partial charge is 0.454 e. The van der Waals surface area contributed by atoms with Gasteiger partial charge in [0.1, 0.15) is 0 Å².